The minimum atomic E-state index is -3.99. The largest absolute Gasteiger partial charge is 0.497 e. The molecule has 0 spiro atoms. The molecule has 10 heteroatoms. The molecular formula is C22H26N2O5S3. The number of ether oxygens (including phenoxy) is 1. The van der Waals surface area contributed by atoms with Gasteiger partial charge in [0.1, 0.15) is 10.8 Å². The number of hydrogen-bond acceptors (Lipinski definition) is 8. The smallest absolute Gasteiger partial charge is 0.226 e. The number of sulfone groups is 2. The van der Waals surface area contributed by atoms with Crippen LogP contribution < -0.4 is 10.1 Å². The molecule has 7 nitrogen and oxygen atoms in total. The van der Waals surface area contributed by atoms with Gasteiger partial charge in [-0.3, -0.25) is 0 Å². The molecule has 172 valence electrons. The molecule has 0 saturated heterocycles. The van der Waals surface area contributed by atoms with Crippen LogP contribution in [0.5, 0.6) is 5.75 Å². The van der Waals surface area contributed by atoms with Crippen molar-refractivity contribution >= 4 is 36.0 Å². The molecule has 1 aromatic heterocycles. The van der Waals surface area contributed by atoms with E-state index < -0.39 is 19.7 Å². The third kappa shape index (κ3) is 5.48. The van der Waals surface area contributed by atoms with Gasteiger partial charge in [-0.15, -0.1) is 0 Å². The molecule has 0 aliphatic rings. The Labute approximate surface area is 193 Å². The van der Waals surface area contributed by atoms with Gasteiger partial charge in [0, 0.05) is 6.54 Å². The van der Waals surface area contributed by atoms with E-state index in [9.17, 15) is 16.8 Å². The molecule has 3 aromatic rings. The lowest BCUT2D eigenvalue weighted by atomic mass is 10.1. The Bertz CT molecular complexity index is 1260. The molecular weight excluding hydrogens is 468 g/mol. The van der Waals surface area contributed by atoms with Crippen LogP contribution in [0.25, 0.3) is 0 Å². The van der Waals surface area contributed by atoms with E-state index >= 15 is 0 Å². The summed E-state index contributed by atoms with van der Waals surface area (Å²) >= 11 is 0.863. The molecule has 0 saturated carbocycles. The second-order valence-corrected chi connectivity index (χ2v) is 12.4. The quantitative estimate of drug-likeness (QED) is 0.452. The fourth-order valence-corrected chi connectivity index (χ4v) is 7.40. The number of anilines is 1. The monoisotopic (exact) mass is 494 g/mol. The topological polar surface area (TPSA) is 102 Å². The molecule has 0 radical (unpaired) electrons. The van der Waals surface area contributed by atoms with Crippen LogP contribution in [0.4, 0.5) is 5.00 Å². The van der Waals surface area contributed by atoms with Crippen molar-refractivity contribution in [3.63, 3.8) is 0 Å². The maximum Gasteiger partial charge on any atom is 0.226 e. The van der Waals surface area contributed by atoms with Crippen LogP contribution in [0.2, 0.25) is 0 Å². The zero-order valence-corrected chi connectivity index (χ0v) is 20.6. The van der Waals surface area contributed by atoms with Crippen molar-refractivity contribution in [1.29, 1.82) is 0 Å². The van der Waals surface area contributed by atoms with Crippen LogP contribution in [0.1, 0.15) is 24.5 Å². The molecule has 32 heavy (non-hydrogen) atoms. The van der Waals surface area contributed by atoms with Gasteiger partial charge in [-0.05, 0) is 49.6 Å². The lowest BCUT2D eigenvalue weighted by Gasteiger charge is -2.08. The van der Waals surface area contributed by atoms with Crippen LogP contribution >= 0.6 is 11.3 Å². The van der Waals surface area contributed by atoms with Crippen LogP contribution in [-0.2, 0) is 26.1 Å². The average Bonchev–Trinajstić information content (AvgIpc) is 3.21. The van der Waals surface area contributed by atoms with Gasteiger partial charge in [0.15, 0.2) is 5.03 Å². The Morgan fingerprint density at radius 3 is 2.25 bits per heavy atom. The first-order valence-electron chi connectivity index (χ1n) is 10.1. The van der Waals surface area contributed by atoms with E-state index in [2.05, 4.69) is 10.3 Å². The number of nitrogens with zero attached hydrogens (tertiary/aromatic N) is 1. The minimum Gasteiger partial charge on any atom is -0.497 e. The van der Waals surface area contributed by atoms with Gasteiger partial charge in [-0.25, -0.2) is 21.8 Å². The highest BCUT2D eigenvalue weighted by atomic mass is 32.2. The Morgan fingerprint density at radius 2 is 1.66 bits per heavy atom. The summed E-state index contributed by atoms with van der Waals surface area (Å²) in [5, 5.41) is 3.07. The van der Waals surface area contributed by atoms with E-state index in [1.165, 1.54) is 12.1 Å². The first-order valence-corrected chi connectivity index (χ1v) is 14.0. The van der Waals surface area contributed by atoms with Crippen LogP contribution in [0, 0.1) is 6.92 Å². The molecule has 0 amide bonds. The van der Waals surface area contributed by atoms with Crippen molar-refractivity contribution in [3.05, 3.63) is 59.7 Å². The maximum atomic E-state index is 13.3. The first kappa shape index (κ1) is 24.2. The van der Waals surface area contributed by atoms with Crippen LogP contribution in [-0.4, -0.2) is 41.2 Å². The molecule has 0 aliphatic carbocycles. The average molecular weight is 495 g/mol. The second-order valence-electron chi connectivity index (χ2n) is 7.27. The van der Waals surface area contributed by atoms with Gasteiger partial charge in [0.25, 0.3) is 0 Å². The third-order valence-electron chi connectivity index (χ3n) is 4.76. The molecule has 0 bridgehead atoms. The van der Waals surface area contributed by atoms with E-state index in [4.69, 9.17) is 4.74 Å². The van der Waals surface area contributed by atoms with Gasteiger partial charge in [0.2, 0.25) is 24.0 Å². The summed E-state index contributed by atoms with van der Waals surface area (Å²) in [4.78, 5) is 4.16. The Morgan fingerprint density at radius 1 is 1.00 bits per heavy atom. The predicted octanol–water partition coefficient (Wildman–Crippen LogP) is 4.13. The molecule has 0 unspecified atom stereocenters. The van der Waals surface area contributed by atoms with Crippen LogP contribution in [0.3, 0.4) is 0 Å². The second kappa shape index (κ2) is 10.0. The fourth-order valence-electron chi connectivity index (χ4n) is 3.01. The summed E-state index contributed by atoms with van der Waals surface area (Å²) in [6, 6.07) is 14.0. The molecule has 0 atom stereocenters. The highest BCUT2D eigenvalue weighted by molar-refractivity contribution is 7.94. The van der Waals surface area contributed by atoms with Gasteiger partial charge in [-0.1, -0.05) is 48.1 Å². The van der Waals surface area contributed by atoms with Gasteiger partial charge < -0.3 is 10.1 Å². The number of aryl methyl sites for hydroxylation is 1. The van der Waals surface area contributed by atoms with Gasteiger partial charge in [-0.2, -0.15) is 0 Å². The number of aromatic nitrogens is 1. The summed E-state index contributed by atoms with van der Waals surface area (Å²) < 4.78 is 56.6. The van der Waals surface area contributed by atoms with Crippen molar-refractivity contribution in [2.24, 2.45) is 0 Å². The van der Waals surface area contributed by atoms with Crippen molar-refractivity contribution in [2.45, 2.75) is 41.0 Å². The zero-order valence-electron chi connectivity index (χ0n) is 18.2. The van der Waals surface area contributed by atoms with E-state index in [1.807, 2.05) is 31.2 Å². The van der Waals surface area contributed by atoms with E-state index in [0.29, 0.717) is 19.4 Å². The minimum absolute atomic E-state index is 0.0750. The van der Waals surface area contributed by atoms with Crippen molar-refractivity contribution < 1.29 is 21.6 Å². The summed E-state index contributed by atoms with van der Waals surface area (Å²) in [6.45, 7) is 4.03. The molecule has 0 fully saturated rings. The van der Waals surface area contributed by atoms with Crippen molar-refractivity contribution in [1.82, 2.24) is 4.98 Å². The SMILES string of the molecule is CCCS(=O)(=O)c1nc(S(=O)(=O)c2ccc(C)cc2)c(NCCc2ccc(OC)cc2)s1. The number of hydrogen-bond donors (Lipinski definition) is 1. The zero-order chi connectivity index (χ0) is 23.4. The van der Waals surface area contributed by atoms with Gasteiger partial charge >= 0.3 is 0 Å². The Balaban J connectivity index is 1.92. The number of rotatable bonds is 10. The van der Waals surface area contributed by atoms with Crippen LogP contribution in [0.15, 0.2) is 62.8 Å². The van der Waals surface area contributed by atoms with Gasteiger partial charge in [0.05, 0.1) is 17.8 Å². The maximum absolute atomic E-state index is 13.3. The van der Waals surface area contributed by atoms with Crippen molar-refractivity contribution in [3.8, 4) is 5.75 Å². The third-order valence-corrected chi connectivity index (χ3v) is 9.97. The fraction of sp³-hybridized carbons (Fsp3) is 0.318. The van der Waals surface area contributed by atoms with E-state index in [1.54, 1.807) is 26.2 Å². The normalized spacial score (nSPS) is 12.0. The van der Waals surface area contributed by atoms with E-state index in [-0.39, 0.29) is 25.0 Å². The number of nitrogens with one attached hydrogen (secondary N) is 1. The lowest BCUT2D eigenvalue weighted by molar-refractivity contribution is 0.414. The van der Waals surface area contributed by atoms with Crippen molar-refractivity contribution in [2.75, 3.05) is 24.7 Å². The molecule has 1 N–H and O–H groups in total. The first-order chi connectivity index (χ1) is 15.2. The standard InChI is InChI=1S/C22H26N2O5S3/c1-4-15-31(25,26)22-24-21(32(27,28)19-11-5-16(2)6-12-19)20(30-22)23-14-13-17-7-9-18(29-3)10-8-17/h5-12,23H,4,13-15H2,1-3H3. The Kier molecular flexibility index (Phi) is 7.58. The van der Waals surface area contributed by atoms with E-state index in [0.717, 1.165) is 28.2 Å². The summed E-state index contributed by atoms with van der Waals surface area (Å²) in [7, 11) is -6.05. The highest BCUT2D eigenvalue weighted by Crippen LogP contribution is 2.35. The summed E-state index contributed by atoms with van der Waals surface area (Å²) in [6.07, 6.45) is 1.03. The molecule has 1 heterocycles. The summed E-state index contributed by atoms with van der Waals surface area (Å²) in [5.74, 6) is 0.664. The molecule has 3 rings (SSSR count). The molecule has 0 aliphatic heterocycles. The molecule has 2 aromatic carbocycles. The lowest BCUT2D eigenvalue weighted by Crippen LogP contribution is -2.10. The number of thiazole rings is 1. The predicted molar refractivity (Wildman–Crippen MR) is 126 cm³/mol. The number of methoxy groups -OCH3 is 1. The Hall–Kier alpha value is -2.43. The summed E-state index contributed by atoms with van der Waals surface area (Å²) in [5.41, 5.74) is 1.95. The highest BCUT2D eigenvalue weighted by Gasteiger charge is 2.30. The number of benzene rings is 2.